The summed E-state index contributed by atoms with van der Waals surface area (Å²) in [5.41, 5.74) is 1.36. The van der Waals surface area contributed by atoms with E-state index in [1.54, 1.807) is 53.7 Å². The molecular weight excluding hydrogens is 318 g/mol. The summed E-state index contributed by atoms with van der Waals surface area (Å²) in [7, 11) is 3.61. The normalized spacial score (nSPS) is 16.9. The minimum atomic E-state index is -0.850. The fraction of sp³-hybridized carbons (Fsp3) is 0.389. The largest absolute Gasteiger partial charge is 0.353 e. The predicted octanol–water partition coefficient (Wildman–Crippen LogP) is 1.86. The Morgan fingerprint density at radius 3 is 2.64 bits per heavy atom. The van der Waals surface area contributed by atoms with Crippen LogP contribution in [0.3, 0.4) is 0 Å². The number of nitrogens with zero attached hydrogens (tertiary/aromatic N) is 4. The molecule has 0 spiro atoms. The molecule has 7 heteroatoms. The van der Waals surface area contributed by atoms with Gasteiger partial charge < -0.3 is 15.1 Å². The summed E-state index contributed by atoms with van der Waals surface area (Å²) >= 11 is 0. The summed E-state index contributed by atoms with van der Waals surface area (Å²) in [4.78, 5) is 28.7. The lowest BCUT2D eigenvalue weighted by atomic mass is 9.96. The van der Waals surface area contributed by atoms with E-state index in [0.717, 1.165) is 11.4 Å². The molecule has 2 aromatic rings. The van der Waals surface area contributed by atoms with Crippen molar-refractivity contribution >= 4 is 23.2 Å². The molecule has 1 aliphatic heterocycles. The van der Waals surface area contributed by atoms with E-state index in [2.05, 4.69) is 10.4 Å². The second-order valence-corrected chi connectivity index (χ2v) is 6.85. The first-order valence-corrected chi connectivity index (χ1v) is 8.22. The van der Waals surface area contributed by atoms with Gasteiger partial charge in [-0.1, -0.05) is 6.07 Å². The van der Waals surface area contributed by atoms with Crippen LogP contribution >= 0.6 is 0 Å². The molecule has 7 nitrogen and oxygen atoms in total. The number of likely N-dealkylation sites (N-methyl/N-ethyl adjacent to an activating group) is 1. The fourth-order valence-electron chi connectivity index (χ4n) is 3.11. The van der Waals surface area contributed by atoms with E-state index in [9.17, 15) is 9.59 Å². The summed E-state index contributed by atoms with van der Waals surface area (Å²) in [6.45, 7) is 4.65. The molecule has 2 amide bonds. The van der Waals surface area contributed by atoms with Crippen LogP contribution < -0.4 is 5.32 Å². The van der Waals surface area contributed by atoms with Crippen molar-refractivity contribution in [3.63, 3.8) is 0 Å². The van der Waals surface area contributed by atoms with E-state index in [0.29, 0.717) is 18.7 Å². The number of aryl methyl sites for hydroxylation is 1. The number of benzene rings is 1. The van der Waals surface area contributed by atoms with Gasteiger partial charge >= 0.3 is 0 Å². The lowest BCUT2D eigenvalue weighted by molar-refractivity contribution is -0.144. The minimum Gasteiger partial charge on any atom is -0.353 e. The number of rotatable bonds is 3. The van der Waals surface area contributed by atoms with Crippen molar-refractivity contribution < 1.29 is 9.59 Å². The highest BCUT2D eigenvalue weighted by Gasteiger charge is 2.43. The molecule has 0 atom stereocenters. The summed E-state index contributed by atoms with van der Waals surface area (Å²) in [5, 5.41) is 7.35. The van der Waals surface area contributed by atoms with Gasteiger partial charge in [0.15, 0.2) is 0 Å². The topological polar surface area (TPSA) is 70.5 Å². The van der Waals surface area contributed by atoms with Gasteiger partial charge in [0.1, 0.15) is 5.54 Å². The number of amides is 2. The van der Waals surface area contributed by atoms with Crippen molar-refractivity contribution in [2.24, 2.45) is 7.05 Å². The molecule has 0 unspecified atom stereocenters. The Morgan fingerprint density at radius 1 is 1.20 bits per heavy atom. The second kappa shape index (κ2) is 6.23. The monoisotopic (exact) mass is 341 g/mol. The fourth-order valence-corrected chi connectivity index (χ4v) is 3.11. The number of anilines is 2. The summed E-state index contributed by atoms with van der Waals surface area (Å²) in [6.07, 6.45) is 3.58. The molecule has 0 aliphatic carbocycles. The molecule has 25 heavy (non-hydrogen) atoms. The van der Waals surface area contributed by atoms with Gasteiger partial charge in [0.05, 0.1) is 11.9 Å². The zero-order valence-electron chi connectivity index (χ0n) is 15.0. The Kier molecular flexibility index (Phi) is 4.24. The van der Waals surface area contributed by atoms with Gasteiger partial charge in [-0.15, -0.1) is 0 Å². The molecule has 1 aliphatic rings. The van der Waals surface area contributed by atoms with Crippen molar-refractivity contribution in [3.05, 3.63) is 42.2 Å². The number of piperazine rings is 1. The van der Waals surface area contributed by atoms with E-state index >= 15 is 0 Å². The Balaban J connectivity index is 1.83. The van der Waals surface area contributed by atoms with Crippen LogP contribution in [-0.2, 0) is 11.8 Å². The van der Waals surface area contributed by atoms with E-state index in [1.807, 2.05) is 25.4 Å². The molecular formula is C18H23N5O2. The SMILES string of the molecule is CN1CCN(C(=O)c2cccc(Nc3cnn(C)c3)c2)C(C)(C)C1=O. The van der Waals surface area contributed by atoms with Gasteiger partial charge in [0.2, 0.25) is 5.91 Å². The quantitative estimate of drug-likeness (QED) is 0.925. The molecule has 1 fully saturated rings. The Hall–Kier alpha value is -2.83. The number of carbonyl (C=O) groups is 2. The van der Waals surface area contributed by atoms with Crippen molar-refractivity contribution in [2.45, 2.75) is 19.4 Å². The molecule has 0 saturated carbocycles. The minimum absolute atomic E-state index is 0.0447. The van der Waals surface area contributed by atoms with E-state index in [1.165, 1.54) is 0 Å². The average molecular weight is 341 g/mol. The lowest BCUT2D eigenvalue weighted by Crippen LogP contribution is -2.63. The van der Waals surface area contributed by atoms with Crippen LogP contribution in [0.2, 0.25) is 0 Å². The van der Waals surface area contributed by atoms with Crippen molar-refractivity contribution in [2.75, 3.05) is 25.5 Å². The maximum atomic E-state index is 13.0. The maximum Gasteiger partial charge on any atom is 0.254 e. The Labute approximate surface area is 147 Å². The second-order valence-electron chi connectivity index (χ2n) is 6.85. The molecule has 132 valence electrons. The molecule has 0 bridgehead atoms. The van der Waals surface area contributed by atoms with Crippen LogP contribution in [0.5, 0.6) is 0 Å². The first kappa shape index (κ1) is 17.0. The van der Waals surface area contributed by atoms with E-state index < -0.39 is 5.54 Å². The molecule has 1 N–H and O–H groups in total. The average Bonchev–Trinajstić information content (AvgIpc) is 2.97. The third-order valence-electron chi connectivity index (χ3n) is 4.55. The van der Waals surface area contributed by atoms with Crippen LogP contribution in [0.1, 0.15) is 24.2 Å². The van der Waals surface area contributed by atoms with Gasteiger partial charge in [-0.05, 0) is 32.0 Å². The number of carbonyl (C=O) groups excluding carboxylic acids is 2. The predicted molar refractivity (Wildman–Crippen MR) is 95.7 cm³/mol. The first-order valence-electron chi connectivity index (χ1n) is 8.22. The highest BCUT2D eigenvalue weighted by Crippen LogP contribution is 2.25. The molecule has 3 rings (SSSR count). The standard InChI is InChI=1S/C18H23N5O2/c1-18(2)17(25)21(3)8-9-23(18)16(24)13-6-5-7-14(10-13)20-15-11-19-22(4)12-15/h5-7,10-12,20H,8-9H2,1-4H3. The summed E-state index contributed by atoms with van der Waals surface area (Å²) in [5.74, 6) is -0.182. The molecule has 1 saturated heterocycles. The van der Waals surface area contributed by atoms with Gasteiger partial charge in [-0.25, -0.2) is 0 Å². The van der Waals surface area contributed by atoms with Crippen LogP contribution in [0.25, 0.3) is 0 Å². The molecule has 1 aromatic carbocycles. The van der Waals surface area contributed by atoms with E-state index in [4.69, 9.17) is 0 Å². The summed E-state index contributed by atoms with van der Waals surface area (Å²) < 4.78 is 1.70. The van der Waals surface area contributed by atoms with Gasteiger partial charge in [-0.3, -0.25) is 14.3 Å². The van der Waals surface area contributed by atoms with Crippen LogP contribution in [0.4, 0.5) is 11.4 Å². The summed E-state index contributed by atoms with van der Waals surface area (Å²) in [6, 6.07) is 7.30. The third-order valence-corrected chi connectivity index (χ3v) is 4.55. The number of hydrogen-bond donors (Lipinski definition) is 1. The highest BCUT2D eigenvalue weighted by molar-refractivity contribution is 6.00. The van der Waals surface area contributed by atoms with Gasteiger partial charge in [-0.2, -0.15) is 5.10 Å². The van der Waals surface area contributed by atoms with Gasteiger partial charge in [0.25, 0.3) is 5.91 Å². The Bertz CT molecular complexity index is 811. The van der Waals surface area contributed by atoms with Crippen LogP contribution in [0.15, 0.2) is 36.7 Å². The Morgan fingerprint density at radius 2 is 1.96 bits per heavy atom. The lowest BCUT2D eigenvalue weighted by Gasteiger charge is -2.44. The maximum absolute atomic E-state index is 13.0. The number of nitrogens with one attached hydrogen (secondary N) is 1. The van der Waals surface area contributed by atoms with Crippen LogP contribution in [-0.4, -0.2) is 57.1 Å². The van der Waals surface area contributed by atoms with Crippen molar-refractivity contribution in [3.8, 4) is 0 Å². The van der Waals surface area contributed by atoms with Crippen molar-refractivity contribution in [1.82, 2.24) is 19.6 Å². The van der Waals surface area contributed by atoms with E-state index in [-0.39, 0.29) is 11.8 Å². The molecule has 2 heterocycles. The first-order chi connectivity index (χ1) is 11.8. The zero-order valence-corrected chi connectivity index (χ0v) is 15.0. The highest BCUT2D eigenvalue weighted by atomic mass is 16.2. The van der Waals surface area contributed by atoms with Gasteiger partial charge in [0, 0.05) is 44.6 Å². The van der Waals surface area contributed by atoms with Crippen LogP contribution in [0, 0.1) is 0 Å². The smallest absolute Gasteiger partial charge is 0.254 e. The third kappa shape index (κ3) is 3.22. The number of aromatic nitrogens is 2. The molecule has 1 aromatic heterocycles. The molecule has 0 radical (unpaired) electrons. The van der Waals surface area contributed by atoms with Crippen molar-refractivity contribution in [1.29, 1.82) is 0 Å². The number of hydrogen-bond acceptors (Lipinski definition) is 4. The zero-order chi connectivity index (χ0) is 18.2.